The van der Waals surface area contributed by atoms with Crippen molar-refractivity contribution in [1.82, 2.24) is 10.6 Å². The van der Waals surface area contributed by atoms with Gasteiger partial charge >= 0.3 is 12.1 Å². The smallest absolute Gasteiger partial charge is 0.475 e. The minimum absolute atomic E-state index is 0.247. The van der Waals surface area contributed by atoms with Gasteiger partial charge in [0.2, 0.25) is 5.91 Å². The number of amides is 1. The van der Waals surface area contributed by atoms with Crippen molar-refractivity contribution in [2.75, 3.05) is 20.1 Å². The lowest BCUT2D eigenvalue weighted by atomic mass is 9.73. The first-order valence-corrected chi connectivity index (χ1v) is 6.46. The maximum Gasteiger partial charge on any atom is 0.490 e. The molecule has 0 spiro atoms. The van der Waals surface area contributed by atoms with Crippen molar-refractivity contribution in [2.24, 2.45) is 17.8 Å². The number of carbonyl (C=O) groups is 2. The van der Waals surface area contributed by atoms with E-state index in [1.807, 2.05) is 0 Å². The quantitative estimate of drug-likeness (QED) is 0.674. The fraction of sp³-hybridized carbons (Fsp3) is 0.833. The predicted molar refractivity (Wildman–Crippen MR) is 64.9 cm³/mol. The molecule has 2 fully saturated rings. The van der Waals surface area contributed by atoms with Gasteiger partial charge in [-0.3, -0.25) is 4.79 Å². The summed E-state index contributed by atoms with van der Waals surface area (Å²) in [5.74, 6) is -0.732. The largest absolute Gasteiger partial charge is 0.490 e. The van der Waals surface area contributed by atoms with Crippen molar-refractivity contribution < 1.29 is 27.9 Å². The highest BCUT2D eigenvalue weighted by molar-refractivity contribution is 5.78. The summed E-state index contributed by atoms with van der Waals surface area (Å²) in [6, 6.07) is 0. The minimum atomic E-state index is -5.08. The molecule has 0 aromatic rings. The van der Waals surface area contributed by atoms with Gasteiger partial charge < -0.3 is 15.7 Å². The molecular formula is C12H19F3N2O3. The average molecular weight is 296 g/mol. The number of halogens is 3. The summed E-state index contributed by atoms with van der Waals surface area (Å²) in [5.41, 5.74) is 0. The highest BCUT2D eigenvalue weighted by Crippen LogP contribution is 2.35. The van der Waals surface area contributed by atoms with Crippen molar-refractivity contribution in [3.63, 3.8) is 0 Å². The molecule has 2 atom stereocenters. The van der Waals surface area contributed by atoms with Gasteiger partial charge in [-0.25, -0.2) is 4.79 Å². The molecule has 8 heteroatoms. The van der Waals surface area contributed by atoms with Crippen LogP contribution < -0.4 is 10.6 Å². The molecule has 1 heterocycles. The number of carboxylic acid groups (broad SMARTS) is 1. The number of carboxylic acids is 1. The van der Waals surface area contributed by atoms with Crippen molar-refractivity contribution in [2.45, 2.75) is 25.4 Å². The summed E-state index contributed by atoms with van der Waals surface area (Å²) in [6.07, 6.45) is -1.58. The van der Waals surface area contributed by atoms with Crippen LogP contribution in [-0.4, -0.2) is 43.3 Å². The highest BCUT2D eigenvalue weighted by atomic mass is 19.4. The van der Waals surface area contributed by atoms with Crippen LogP contribution >= 0.6 is 0 Å². The number of hydrogen-bond acceptors (Lipinski definition) is 3. The second-order valence-electron chi connectivity index (χ2n) is 5.21. The normalized spacial score (nSPS) is 28.9. The maximum absolute atomic E-state index is 11.5. The van der Waals surface area contributed by atoms with Crippen LogP contribution in [0.15, 0.2) is 0 Å². The standard InChI is InChI=1S/C10H18N2O.C2HF3O2/c1-11-10(13)9-3-7-2-8(4-9)6-12-5-7;3-2(4,5)1(6)7/h7-9,12H,2-6H2,1H3,(H,11,13);(H,6,7). The van der Waals surface area contributed by atoms with Gasteiger partial charge in [-0.1, -0.05) is 0 Å². The lowest BCUT2D eigenvalue weighted by molar-refractivity contribution is -0.192. The zero-order chi connectivity index (χ0) is 15.3. The third-order valence-corrected chi connectivity index (χ3v) is 3.63. The molecule has 0 aromatic heterocycles. The number of hydrogen-bond donors (Lipinski definition) is 3. The molecule has 1 saturated heterocycles. The Kier molecular flexibility index (Phi) is 5.79. The topological polar surface area (TPSA) is 78.4 Å². The van der Waals surface area contributed by atoms with Crippen LogP contribution in [0.2, 0.25) is 0 Å². The second kappa shape index (κ2) is 6.92. The van der Waals surface area contributed by atoms with E-state index in [9.17, 15) is 18.0 Å². The van der Waals surface area contributed by atoms with Crippen LogP contribution in [0.5, 0.6) is 0 Å². The van der Waals surface area contributed by atoms with Crippen molar-refractivity contribution >= 4 is 11.9 Å². The molecular weight excluding hydrogens is 277 g/mol. The van der Waals surface area contributed by atoms with E-state index in [0.717, 1.165) is 37.8 Å². The van der Waals surface area contributed by atoms with Gasteiger partial charge in [0.1, 0.15) is 0 Å². The molecule has 1 aliphatic heterocycles. The molecule has 116 valence electrons. The van der Waals surface area contributed by atoms with Gasteiger partial charge in [-0.15, -0.1) is 0 Å². The van der Waals surface area contributed by atoms with Crippen LogP contribution in [0, 0.1) is 17.8 Å². The van der Waals surface area contributed by atoms with E-state index in [1.54, 1.807) is 7.05 Å². The number of rotatable bonds is 1. The van der Waals surface area contributed by atoms with E-state index >= 15 is 0 Å². The van der Waals surface area contributed by atoms with E-state index in [1.165, 1.54) is 6.42 Å². The average Bonchev–Trinajstić information content (AvgIpc) is 2.37. The minimum Gasteiger partial charge on any atom is -0.475 e. The van der Waals surface area contributed by atoms with Crippen LogP contribution in [0.25, 0.3) is 0 Å². The molecule has 2 bridgehead atoms. The molecule has 1 amide bonds. The van der Waals surface area contributed by atoms with E-state index in [4.69, 9.17) is 9.90 Å². The van der Waals surface area contributed by atoms with Crippen LogP contribution in [-0.2, 0) is 9.59 Å². The SMILES string of the molecule is CNC(=O)C1CC2CNCC(C2)C1.O=C(O)C(F)(F)F. The number of fused-ring (bicyclic) bond motifs is 2. The summed E-state index contributed by atoms with van der Waals surface area (Å²) in [7, 11) is 1.74. The Morgan fingerprint density at radius 2 is 1.60 bits per heavy atom. The monoisotopic (exact) mass is 296 g/mol. The van der Waals surface area contributed by atoms with Gasteiger partial charge in [0, 0.05) is 13.0 Å². The first kappa shape index (κ1) is 16.7. The van der Waals surface area contributed by atoms with Crippen LogP contribution in [0.4, 0.5) is 13.2 Å². The van der Waals surface area contributed by atoms with Gasteiger partial charge in [-0.05, 0) is 44.2 Å². The Morgan fingerprint density at radius 1 is 1.15 bits per heavy atom. The number of alkyl halides is 3. The van der Waals surface area contributed by atoms with Gasteiger partial charge in [-0.2, -0.15) is 13.2 Å². The summed E-state index contributed by atoms with van der Waals surface area (Å²) < 4.78 is 31.7. The fourth-order valence-corrected chi connectivity index (χ4v) is 2.81. The molecule has 2 rings (SSSR count). The lowest BCUT2D eigenvalue weighted by Gasteiger charge is -2.38. The molecule has 2 unspecified atom stereocenters. The Labute approximate surface area is 114 Å². The molecule has 1 saturated carbocycles. The van der Waals surface area contributed by atoms with Crippen molar-refractivity contribution in [3.8, 4) is 0 Å². The van der Waals surface area contributed by atoms with E-state index in [2.05, 4.69) is 10.6 Å². The van der Waals surface area contributed by atoms with E-state index in [0.29, 0.717) is 0 Å². The van der Waals surface area contributed by atoms with Crippen LogP contribution in [0.1, 0.15) is 19.3 Å². The molecule has 5 nitrogen and oxygen atoms in total. The van der Waals surface area contributed by atoms with Gasteiger partial charge in [0.05, 0.1) is 0 Å². The zero-order valence-corrected chi connectivity index (χ0v) is 11.2. The number of piperidine rings is 1. The molecule has 0 aromatic carbocycles. The predicted octanol–water partition coefficient (Wildman–Crippen LogP) is 1.00. The summed E-state index contributed by atoms with van der Waals surface area (Å²) >= 11 is 0. The Bertz CT molecular complexity index is 348. The van der Waals surface area contributed by atoms with E-state index < -0.39 is 12.1 Å². The second-order valence-corrected chi connectivity index (χ2v) is 5.21. The molecule has 2 aliphatic rings. The fourth-order valence-electron chi connectivity index (χ4n) is 2.81. The number of carbonyl (C=O) groups excluding carboxylic acids is 1. The highest BCUT2D eigenvalue weighted by Gasteiger charge is 2.38. The number of aliphatic carboxylic acids is 1. The van der Waals surface area contributed by atoms with Crippen molar-refractivity contribution in [3.05, 3.63) is 0 Å². The summed E-state index contributed by atoms with van der Waals surface area (Å²) in [6.45, 7) is 2.23. The first-order chi connectivity index (χ1) is 9.24. The van der Waals surface area contributed by atoms with Gasteiger partial charge in [0.15, 0.2) is 0 Å². The third-order valence-electron chi connectivity index (χ3n) is 3.63. The Balaban J connectivity index is 0.000000246. The van der Waals surface area contributed by atoms with Crippen molar-refractivity contribution in [1.29, 1.82) is 0 Å². The summed E-state index contributed by atoms with van der Waals surface area (Å²) in [4.78, 5) is 20.4. The number of nitrogens with one attached hydrogen (secondary N) is 2. The lowest BCUT2D eigenvalue weighted by Crippen LogP contribution is -2.44. The maximum atomic E-state index is 11.5. The Morgan fingerprint density at radius 3 is 1.95 bits per heavy atom. The van der Waals surface area contributed by atoms with Crippen LogP contribution in [0.3, 0.4) is 0 Å². The van der Waals surface area contributed by atoms with E-state index in [-0.39, 0.29) is 11.8 Å². The molecule has 0 radical (unpaired) electrons. The Hall–Kier alpha value is -1.31. The molecule has 3 N–H and O–H groups in total. The molecule has 1 aliphatic carbocycles. The molecule has 20 heavy (non-hydrogen) atoms. The summed E-state index contributed by atoms with van der Waals surface area (Å²) in [5, 5.41) is 13.3. The third kappa shape index (κ3) is 4.99. The van der Waals surface area contributed by atoms with Gasteiger partial charge in [0.25, 0.3) is 0 Å². The zero-order valence-electron chi connectivity index (χ0n) is 11.2. The first-order valence-electron chi connectivity index (χ1n) is 6.46.